The van der Waals surface area contributed by atoms with Crippen LogP contribution in [0.1, 0.15) is 11.9 Å². The van der Waals surface area contributed by atoms with Gasteiger partial charge in [-0.05, 0) is 18.2 Å². The van der Waals surface area contributed by atoms with Crippen LogP contribution in [-0.4, -0.2) is 61.6 Å². The molecule has 29 heavy (non-hydrogen) atoms. The Kier molecular flexibility index (Phi) is 4.96. The Labute approximate surface area is 162 Å². The number of nitrogens with zero attached hydrogens (tertiary/aromatic N) is 3. The van der Waals surface area contributed by atoms with Gasteiger partial charge in [-0.3, -0.25) is 13.9 Å². The first-order chi connectivity index (χ1) is 13.9. The molecule has 0 aliphatic carbocycles. The smallest absolute Gasteiger partial charge is 0.333 e. The predicted molar refractivity (Wildman–Crippen MR) is 97.6 cm³/mol. The molecule has 0 radical (unpaired) electrons. The Morgan fingerprint density at radius 3 is 2.69 bits per heavy atom. The number of aromatic nitrogens is 3. The van der Waals surface area contributed by atoms with Crippen LogP contribution in [0.3, 0.4) is 0 Å². The van der Waals surface area contributed by atoms with Crippen molar-refractivity contribution in [1.29, 1.82) is 0 Å². The van der Waals surface area contributed by atoms with Gasteiger partial charge in [0.1, 0.15) is 29.8 Å². The predicted octanol–water partition coefficient (Wildman–Crippen LogP) is -1.18. The molecule has 4 atom stereocenters. The van der Waals surface area contributed by atoms with Crippen molar-refractivity contribution >= 4 is 11.0 Å². The summed E-state index contributed by atoms with van der Waals surface area (Å²) < 4.78 is 17.7. The minimum absolute atomic E-state index is 0.187. The van der Waals surface area contributed by atoms with Crippen LogP contribution in [0.15, 0.2) is 44.6 Å². The maximum Gasteiger partial charge on any atom is 0.333 e. The fourth-order valence-electron chi connectivity index (χ4n) is 3.34. The monoisotopic (exact) mass is 405 g/mol. The molecular weight excluding hydrogens is 386 g/mol. The van der Waals surface area contributed by atoms with E-state index in [2.05, 4.69) is 5.16 Å². The molecule has 0 bridgehead atoms. The van der Waals surface area contributed by atoms with Crippen LogP contribution in [0.2, 0.25) is 0 Å². The second-order valence-electron chi connectivity index (χ2n) is 6.65. The second kappa shape index (κ2) is 7.44. The van der Waals surface area contributed by atoms with Crippen molar-refractivity contribution in [3.8, 4) is 5.75 Å². The summed E-state index contributed by atoms with van der Waals surface area (Å²) in [5.41, 5.74) is -0.547. The van der Waals surface area contributed by atoms with Gasteiger partial charge in [-0.25, -0.2) is 4.79 Å². The van der Waals surface area contributed by atoms with Crippen molar-refractivity contribution in [3.05, 3.63) is 57.0 Å². The zero-order valence-electron chi connectivity index (χ0n) is 15.3. The Hall–Kier alpha value is -2.99. The van der Waals surface area contributed by atoms with Crippen LogP contribution in [0.5, 0.6) is 5.75 Å². The Balaban J connectivity index is 1.74. The number of hydrogen-bond donors (Lipinski definition) is 3. The first kappa shape index (κ1) is 19.3. The summed E-state index contributed by atoms with van der Waals surface area (Å²) in [7, 11) is 1.51. The molecule has 3 heterocycles. The molecule has 11 nitrogen and oxygen atoms in total. The molecule has 3 aromatic rings. The van der Waals surface area contributed by atoms with Crippen molar-refractivity contribution in [3.63, 3.8) is 0 Å². The molecule has 2 aromatic heterocycles. The van der Waals surface area contributed by atoms with Crippen LogP contribution < -0.4 is 16.0 Å². The van der Waals surface area contributed by atoms with E-state index >= 15 is 0 Å². The van der Waals surface area contributed by atoms with E-state index in [4.69, 9.17) is 14.0 Å². The van der Waals surface area contributed by atoms with Crippen molar-refractivity contribution in [2.75, 3.05) is 13.7 Å². The van der Waals surface area contributed by atoms with E-state index in [1.54, 1.807) is 18.2 Å². The van der Waals surface area contributed by atoms with E-state index in [1.807, 2.05) is 0 Å². The van der Waals surface area contributed by atoms with Gasteiger partial charge < -0.3 is 29.3 Å². The van der Waals surface area contributed by atoms with Gasteiger partial charge in [-0.2, -0.15) is 0 Å². The van der Waals surface area contributed by atoms with E-state index in [0.717, 1.165) is 15.2 Å². The summed E-state index contributed by atoms with van der Waals surface area (Å²) in [5.74, 6) is 0.561. The lowest BCUT2D eigenvalue weighted by Gasteiger charge is -2.18. The number of ether oxygens (including phenoxy) is 2. The van der Waals surface area contributed by atoms with Crippen LogP contribution in [0.4, 0.5) is 0 Å². The number of aliphatic hydroxyl groups excluding tert-OH is 3. The SMILES string of the molecule is COc1ccc2onc(Cn3c(=O)ccn([C@@H]4O[C@H](CO)[C@H](O)[C@@H]4O)c3=O)c2c1. The minimum Gasteiger partial charge on any atom is -0.497 e. The van der Waals surface area contributed by atoms with E-state index in [0.29, 0.717) is 22.4 Å². The van der Waals surface area contributed by atoms with Gasteiger partial charge in [-0.1, -0.05) is 5.16 Å². The van der Waals surface area contributed by atoms with Crippen molar-refractivity contribution < 1.29 is 29.3 Å². The maximum atomic E-state index is 12.9. The number of hydrogen-bond acceptors (Lipinski definition) is 9. The molecule has 1 saturated heterocycles. The third kappa shape index (κ3) is 3.23. The van der Waals surface area contributed by atoms with Gasteiger partial charge in [0, 0.05) is 12.3 Å². The molecular formula is C18H19N3O8. The molecule has 0 unspecified atom stereocenters. The van der Waals surface area contributed by atoms with Gasteiger partial charge >= 0.3 is 5.69 Å². The normalized spacial score (nSPS) is 24.3. The highest BCUT2D eigenvalue weighted by molar-refractivity contribution is 5.81. The van der Waals surface area contributed by atoms with Gasteiger partial charge in [0.15, 0.2) is 11.8 Å². The zero-order valence-corrected chi connectivity index (χ0v) is 15.3. The molecule has 0 spiro atoms. The zero-order chi connectivity index (χ0) is 20.7. The summed E-state index contributed by atoms with van der Waals surface area (Å²) in [6, 6.07) is 6.18. The molecule has 1 aliphatic rings. The molecule has 3 N–H and O–H groups in total. The number of benzene rings is 1. The third-order valence-corrected chi connectivity index (χ3v) is 4.95. The van der Waals surface area contributed by atoms with E-state index in [9.17, 15) is 24.9 Å². The van der Waals surface area contributed by atoms with E-state index in [-0.39, 0.29) is 6.54 Å². The van der Waals surface area contributed by atoms with Crippen LogP contribution >= 0.6 is 0 Å². The maximum absolute atomic E-state index is 12.9. The lowest BCUT2D eigenvalue weighted by molar-refractivity contribution is -0.0555. The molecule has 1 fully saturated rings. The summed E-state index contributed by atoms with van der Waals surface area (Å²) in [4.78, 5) is 25.2. The van der Waals surface area contributed by atoms with Crippen molar-refractivity contribution in [2.24, 2.45) is 0 Å². The number of fused-ring (bicyclic) bond motifs is 1. The molecule has 0 amide bonds. The summed E-state index contributed by atoms with van der Waals surface area (Å²) in [6.07, 6.45) is -3.95. The fraction of sp³-hybridized carbons (Fsp3) is 0.389. The minimum atomic E-state index is -1.45. The molecule has 1 aliphatic heterocycles. The largest absolute Gasteiger partial charge is 0.497 e. The Morgan fingerprint density at radius 1 is 1.21 bits per heavy atom. The standard InChI is InChI=1S/C18H19N3O8/c1-27-9-2-3-12-10(6-9)11(19-29-12)7-21-14(23)4-5-20(18(21)26)17-16(25)15(24)13(8-22)28-17/h2-6,13,15-17,22,24-25H,7-8H2,1H3/t13-,15+,16+,17-/m1/s1. The topological polar surface area (TPSA) is 149 Å². The van der Waals surface area contributed by atoms with Crippen molar-refractivity contribution in [2.45, 2.75) is 31.1 Å². The van der Waals surface area contributed by atoms with Gasteiger partial charge in [0.2, 0.25) is 0 Å². The molecule has 0 saturated carbocycles. The number of aliphatic hydroxyl groups is 3. The van der Waals surface area contributed by atoms with Crippen LogP contribution in [0.25, 0.3) is 11.0 Å². The van der Waals surface area contributed by atoms with E-state index < -0.39 is 42.4 Å². The first-order valence-electron chi connectivity index (χ1n) is 8.81. The summed E-state index contributed by atoms with van der Waals surface area (Å²) in [6.45, 7) is -0.719. The highest BCUT2D eigenvalue weighted by Crippen LogP contribution is 2.28. The number of methoxy groups -OCH3 is 1. The quantitative estimate of drug-likeness (QED) is 0.477. The Bertz CT molecular complexity index is 1150. The van der Waals surface area contributed by atoms with E-state index in [1.165, 1.54) is 13.3 Å². The third-order valence-electron chi connectivity index (χ3n) is 4.95. The van der Waals surface area contributed by atoms with Crippen molar-refractivity contribution in [1.82, 2.24) is 14.3 Å². The summed E-state index contributed by atoms with van der Waals surface area (Å²) in [5, 5.41) is 33.9. The van der Waals surface area contributed by atoms with Crippen LogP contribution in [0, 0.1) is 0 Å². The Morgan fingerprint density at radius 2 is 2.00 bits per heavy atom. The molecule has 1 aromatic carbocycles. The average Bonchev–Trinajstić information content (AvgIpc) is 3.26. The molecule has 11 heteroatoms. The second-order valence-corrected chi connectivity index (χ2v) is 6.65. The summed E-state index contributed by atoms with van der Waals surface area (Å²) >= 11 is 0. The number of rotatable bonds is 5. The average molecular weight is 405 g/mol. The lowest BCUT2D eigenvalue weighted by atomic mass is 10.1. The highest BCUT2D eigenvalue weighted by Gasteiger charge is 2.43. The molecule has 4 rings (SSSR count). The molecule has 154 valence electrons. The van der Waals surface area contributed by atoms with Crippen LogP contribution in [-0.2, 0) is 11.3 Å². The lowest BCUT2D eigenvalue weighted by Crippen LogP contribution is -2.43. The van der Waals surface area contributed by atoms with Gasteiger partial charge in [-0.15, -0.1) is 0 Å². The van der Waals surface area contributed by atoms with Gasteiger partial charge in [0.05, 0.1) is 25.6 Å². The fourth-order valence-corrected chi connectivity index (χ4v) is 3.34. The van der Waals surface area contributed by atoms with Gasteiger partial charge in [0.25, 0.3) is 5.56 Å². The highest BCUT2D eigenvalue weighted by atomic mass is 16.6. The first-order valence-corrected chi connectivity index (χ1v) is 8.81.